The van der Waals surface area contributed by atoms with Gasteiger partial charge in [-0.25, -0.2) is 4.79 Å². The Bertz CT molecular complexity index is 555. The van der Waals surface area contributed by atoms with Crippen LogP contribution >= 0.6 is 0 Å². The molecule has 3 fully saturated rings. The molecule has 0 radical (unpaired) electrons. The molecule has 0 spiro atoms. The van der Waals surface area contributed by atoms with E-state index in [0.29, 0.717) is 28.9 Å². The summed E-state index contributed by atoms with van der Waals surface area (Å²) in [4.78, 5) is 12.0. The molecule has 0 aromatic heterocycles. The number of hydrogen-bond acceptors (Lipinski definition) is 3. The molecular weight excluding hydrogens is 300 g/mol. The number of rotatable bonds is 4. The topological polar surface area (TPSA) is 38.8 Å². The first-order valence-electron chi connectivity index (χ1n) is 9.37. The second-order valence-corrected chi connectivity index (χ2v) is 8.86. The standard InChI is InChI=1S/C21H32O3/c1-14-7-10-18-20(2,3)11-6-12-21(18,4)16(14)9-8-15(17-13-24-17)19(22)23-5/h8,16-18H,1,6-7,9-13H2,2-5H3/b15-8+/t16-,17?,18-,21+/m0/s1. The smallest absolute Gasteiger partial charge is 0.336 e. The quantitative estimate of drug-likeness (QED) is 0.325. The molecule has 3 nitrogen and oxygen atoms in total. The maximum absolute atomic E-state index is 12.0. The molecule has 0 N–H and O–H groups in total. The normalized spacial score (nSPS) is 38.4. The van der Waals surface area contributed by atoms with E-state index in [0.717, 1.165) is 18.8 Å². The third kappa shape index (κ3) is 3.08. The second kappa shape index (κ2) is 6.33. The van der Waals surface area contributed by atoms with Crippen molar-refractivity contribution >= 4 is 5.97 Å². The Morgan fingerprint density at radius 3 is 2.71 bits per heavy atom. The number of fused-ring (bicyclic) bond motifs is 1. The minimum absolute atomic E-state index is 0.0549. The van der Waals surface area contributed by atoms with Gasteiger partial charge in [-0.3, -0.25) is 0 Å². The Morgan fingerprint density at radius 1 is 1.38 bits per heavy atom. The summed E-state index contributed by atoms with van der Waals surface area (Å²) in [5, 5.41) is 0. The van der Waals surface area contributed by atoms with E-state index < -0.39 is 0 Å². The number of allylic oxidation sites excluding steroid dienone is 2. The van der Waals surface area contributed by atoms with E-state index in [-0.39, 0.29) is 12.1 Å². The third-order valence-corrected chi connectivity index (χ3v) is 6.99. The second-order valence-electron chi connectivity index (χ2n) is 8.86. The molecule has 0 aromatic carbocycles. The summed E-state index contributed by atoms with van der Waals surface area (Å²) in [5.41, 5.74) is 2.76. The molecular formula is C21H32O3. The molecule has 1 heterocycles. The van der Waals surface area contributed by atoms with Crippen molar-refractivity contribution in [2.45, 2.75) is 65.4 Å². The molecule has 2 saturated carbocycles. The van der Waals surface area contributed by atoms with Gasteiger partial charge in [0.1, 0.15) is 6.10 Å². The van der Waals surface area contributed by atoms with Gasteiger partial charge in [-0.1, -0.05) is 45.4 Å². The Balaban J connectivity index is 1.84. The molecule has 134 valence electrons. The van der Waals surface area contributed by atoms with E-state index in [2.05, 4.69) is 33.4 Å². The van der Waals surface area contributed by atoms with Crippen LogP contribution in [0.4, 0.5) is 0 Å². The van der Waals surface area contributed by atoms with Gasteiger partial charge < -0.3 is 9.47 Å². The van der Waals surface area contributed by atoms with E-state index >= 15 is 0 Å². The molecule has 0 bridgehead atoms. The predicted molar refractivity (Wildman–Crippen MR) is 95.5 cm³/mol. The first-order chi connectivity index (χ1) is 11.3. The fraction of sp³-hybridized carbons (Fsp3) is 0.762. The number of carbonyl (C=O) groups excluding carboxylic acids is 1. The number of hydrogen-bond donors (Lipinski definition) is 0. The van der Waals surface area contributed by atoms with Crippen molar-refractivity contribution < 1.29 is 14.3 Å². The SMILES string of the molecule is C=C1CC[C@H]2C(C)(C)CCC[C@]2(C)[C@H]1C/C=C(/C(=O)OC)C1CO1. The van der Waals surface area contributed by atoms with Crippen molar-refractivity contribution in [1.29, 1.82) is 0 Å². The lowest BCUT2D eigenvalue weighted by molar-refractivity contribution is -0.136. The summed E-state index contributed by atoms with van der Waals surface area (Å²) in [6.07, 6.45) is 9.18. The van der Waals surface area contributed by atoms with E-state index in [1.165, 1.54) is 38.4 Å². The van der Waals surface area contributed by atoms with Crippen LogP contribution < -0.4 is 0 Å². The molecule has 0 aromatic rings. The van der Waals surface area contributed by atoms with Gasteiger partial charge in [0, 0.05) is 0 Å². The summed E-state index contributed by atoms with van der Waals surface area (Å²) in [5.74, 6) is 0.945. The minimum Gasteiger partial charge on any atom is -0.466 e. The molecule has 1 saturated heterocycles. The lowest BCUT2D eigenvalue weighted by atomic mass is 9.47. The van der Waals surface area contributed by atoms with Gasteiger partial charge in [0.15, 0.2) is 0 Å². The van der Waals surface area contributed by atoms with E-state index in [9.17, 15) is 4.79 Å². The van der Waals surface area contributed by atoms with Crippen LogP contribution in [0.3, 0.4) is 0 Å². The average molecular weight is 332 g/mol. The van der Waals surface area contributed by atoms with Crippen LogP contribution in [-0.4, -0.2) is 25.8 Å². The highest BCUT2D eigenvalue weighted by Crippen LogP contribution is 2.61. The number of epoxide rings is 1. The summed E-state index contributed by atoms with van der Waals surface area (Å²) in [6.45, 7) is 12.4. The van der Waals surface area contributed by atoms with E-state index in [4.69, 9.17) is 9.47 Å². The highest BCUT2D eigenvalue weighted by Gasteiger charge is 2.52. The zero-order valence-electron chi connectivity index (χ0n) is 15.7. The summed E-state index contributed by atoms with van der Waals surface area (Å²) >= 11 is 0. The molecule has 3 aliphatic rings. The largest absolute Gasteiger partial charge is 0.466 e. The molecule has 1 unspecified atom stereocenters. The number of esters is 1. The van der Waals surface area contributed by atoms with Gasteiger partial charge in [-0.05, 0) is 54.8 Å². The van der Waals surface area contributed by atoms with Crippen LogP contribution in [0.25, 0.3) is 0 Å². The Kier molecular flexibility index (Phi) is 4.67. The molecule has 0 amide bonds. The van der Waals surface area contributed by atoms with Gasteiger partial charge >= 0.3 is 5.97 Å². The monoisotopic (exact) mass is 332 g/mol. The van der Waals surface area contributed by atoms with E-state index in [1.54, 1.807) is 0 Å². The molecule has 3 rings (SSSR count). The average Bonchev–Trinajstić information content (AvgIpc) is 3.33. The fourth-order valence-corrected chi connectivity index (χ4v) is 5.65. The summed E-state index contributed by atoms with van der Waals surface area (Å²) < 4.78 is 10.3. The number of carbonyl (C=O) groups is 1. The van der Waals surface area contributed by atoms with Gasteiger partial charge in [0.2, 0.25) is 0 Å². The van der Waals surface area contributed by atoms with Gasteiger partial charge in [-0.2, -0.15) is 0 Å². The van der Waals surface area contributed by atoms with Crippen molar-refractivity contribution in [3.63, 3.8) is 0 Å². The maximum Gasteiger partial charge on any atom is 0.336 e. The van der Waals surface area contributed by atoms with Crippen LogP contribution in [0.1, 0.15) is 59.3 Å². The highest BCUT2D eigenvalue weighted by molar-refractivity contribution is 5.90. The van der Waals surface area contributed by atoms with Gasteiger partial charge in [-0.15, -0.1) is 0 Å². The predicted octanol–water partition coefficient (Wildman–Crippen LogP) is 4.67. The summed E-state index contributed by atoms with van der Waals surface area (Å²) in [6, 6.07) is 0. The molecule has 4 atom stereocenters. The molecule has 24 heavy (non-hydrogen) atoms. The maximum atomic E-state index is 12.0. The Hall–Kier alpha value is -1.09. The first-order valence-corrected chi connectivity index (χ1v) is 9.37. The molecule has 1 aliphatic heterocycles. The lowest BCUT2D eigenvalue weighted by Gasteiger charge is -2.58. The van der Waals surface area contributed by atoms with Crippen LogP contribution in [0.2, 0.25) is 0 Å². The molecule has 3 heteroatoms. The van der Waals surface area contributed by atoms with Crippen molar-refractivity contribution in [1.82, 2.24) is 0 Å². The van der Waals surface area contributed by atoms with Gasteiger partial charge in [0.25, 0.3) is 0 Å². The van der Waals surface area contributed by atoms with Crippen LogP contribution in [-0.2, 0) is 14.3 Å². The lowest BCUT2D eigenvalue weighted by Crippen LogP contribution is -2.49. The minimum atomic E-state index is -0.246. The van der Waals surface area contributed by atoms with Crippen LogP contribution in [0.5, 0.6) is 0 Å². The first kappa shape index (κ1) is 17.7. The number of methoxy groups -OCH3 is 1. The zero-order valence-corrected chi connectivity index (χ0v) is 15.7. The van der Waals surface area contributed by atoms with Crippen molar-refractivity contribution in [3.8, 4) is 0 Å². The fourth-order valence-electron chi connectivity index (χ4n) is 5.65. The van der Waals surface area contributed by atoms with Crippen molar-refractivity contribution in [3.05, 3.63) is 23.8 Å². The van der Waals surface area contributed by atoms with E-state index in [1.807, 2.05) is 0 Å². The van der Waals surface area contributed by atoms with Gasteiger partial charge in [0.05, 0.1) is 19.3 Å². The Labute approximate surface area is 146 Å². The number of ether oxygens (including phenoxy) is 2. The highest BCUT2D eigenvalue weighted by atomic mass is 16.6. The third-order valence-electron chi connectivity index (χ3n) is 6.99. The molecule has 2 aliphatic carbocycles. The van der Waals surface area contributed by atoms with Crippen LogP contribution in [0, 0.1) is 22.7 Å². The zero-order chi connectivity index (χ0) is 17.5. The summed E-state index contributed by atoms with van der Waals surface area (Å²) in [7, 11) is 1.44. The Morgan fingerprint density at radius 2 is 2.08 bits per heavy atom. The van der Waals surface area contributed by atoms with Crippen LogP contribution in [0.15, 0.2) is 23.8 Å². The van der Waals surface area contributed by atoms with Crippen molar-refractivity contribution in [2.75, 3.05) is 13.7 Å². The van der Waals surface area contributed by atoms with Crippen molar-refractivity contribution in [2.24, 2.45) is 22.7 Å².